The third kappa shape index (κ3) is 2.91. The van der Waals surface area contributed by atoms with Crippen molar-refractivity contribution < 1.29 is 18.7 Å². The second-order valence-corrected chi connectivity index (χ2v) is 5.52. The smallest absolute Gasteiger partial charge is 0.322 e. The van der Waals surface area contributed by atoms with Gasteiger partial charge in [0, 0.05) is 18.3 Å². The Balaban J connectivity index is 1.53. The highest BCUT2D eigenvalue weighted by Gasteiger charge is 2.18. The fourth-order valence-electron chi connectivity index (χ4n) is 2.40. The molecule has 1 aliphatic heterocycles. The van der Waals surface area contributed by atoms with Crippen LogP contribution < -0.4 is 14.8 Å². The first-order chi connectivity index (χ1) is 12.1. The van der Waals surface area contributed by atoms with Crippen LogP contribution >= 0.6 is 0 Å². The van der Waals surface area contributed by atoms with Crippen LogP contribution in [-0.2, 0) is 7.05 Å². The van der Waals surface area contributed by atoms with Crippen LogP contribution in [0, 0.1) is 6.92 Å². The maximum Gasteiger partial charge on any atom is 0.322 e. The molecule has 0 unspecified atom stereocenters. The van der Waals surface area contributed by atoms with Gasteiger partial charge in [-0.2, -0.15) is 5.10 Å². The number of anilines is 1. The molecule has 0 atom stereocenters. The Bertz CT molecular complexity index is 926. The number of fused-ring (bicyclic) bond motifs is 1. The summed E-state index contributed by atoms with van der Waals surface area (Å²) >= 11 is 0. The minimum Gasteiger partial charge on any atom is -0.486 e. The van der Waals surface area contributed by atoms with Gasteiger partial charge in [-0.1, -0.05) is 5.10 Å². The van der Waals surface area contributed by atoms with E-state index in [9.17, 15) is 4.79 Å². The molecule has 1 N–H and O–H groups in total. The number of hydrogen-bond acceptors (Lipinski definition) is 7. The molecule has 0 saturated heterocycles. The first kappa shape index (κ1) is 15.2. The van der Waals surface area contributed by atoms with Crippen LogP contribution in [0.25, 0.3) is 11.5 Å². The lowest BCUT2D eigenvalue weighted by atomic mass is 10.2. The summed E-state index contributed by atoms with van der Waals surface area (Å²) in [6.07, 6.45) is 0. The Morgan fingerprint density at radius 1 is 1.16 bits per heavy atom. The van der Waals surface area contributed by atoms with E-state index in [2.05, 4.69) is 20.6 Å². The zero-order valence-corrected chi connectivity index (χ0v) is 13.6. The van der Waals surface area contributed by atoms with Crippen LogP contribution in [0.15, 0.2) is 28.7 Å². The number of carbonyl (C=O) groups excluding carboxylic acids is 1. The molecule has 128 valence electrons. The van der Waals surface area contributed by atoms with Gasteiger partial charge in [-0.05, 0) is 31.2 Å². The van der Waals surface area contributed by atoms with E-state index < -0.39 is 5.91 Å². The number of nitrogens with one attached hydrogen (secondary N) is 1. The number of benzene rings is 1. The topological polar surface area (TPSA) is 104 Å². The number of nitrogens with zero attached hydrogens (tertiary/aromatic N) is 4. The minimum atomic E-state index is -0.416. The monoisotopic (exact) mass is 341 g/mol. The van der Waals surface area contributed by atoms with Crippen molar-refractivity contribution in [3.63, 3.8) is 0 Å². The van der Waals surface area contributed by atoms with Gasteiger partial charge in [0.25, 0.3) is 5.91 Å². The van der Waals surface area contributed by atoms with Gasteiger partial charge in [0.1, 0.15) is 13.2 Å². The molecule has 9 heteroatoms. The van der Waals surface area contributed by atoms with Gasteiger partial charge < -0.3 is 13.9 Å². The Morgan fingerprint density at radius 3 is 2.72 bits per heavy atom. The largest absolute Gasteiger partial charge is 0.486 e. The van der Waals surface area contributed by atoms with Crippen LogP contribution in [0.1, 0.15) is 16.2 Å². The maximum atomic E-state index is 12.2. The fraction of sp³-hybridized carbons (Fsp3) is 0.250. The highest BCUT2D eigenvalue weighted by molar-refractivity contribution is 6.01. The molecule has 1 amide bonds. The molecule has 1 aliphatic rings. The van der Waals surface area contributed by atoms with Crippen molar-refractivity contribution in [1.29, 1.82) is 0 Å². The molecule has 0 bridgehead atoms. The summed E-state index contributed by atoms with van der Waals surface area (Å²) in [5.41, 5.74) is 1.82. The molecule has 0 spiro atoms. The second kappa shape index (κ2) is 5.93. The lowest BCUT2D eigenvalue weighted by Gasteiger charge is -2.18. The van der Waals surface area contributed by atoms with Crippen LogP contribution in [0.2, 0.25) is 0 Å². The molecule has 25 heavy (non-hydrogen) atoms. The van der Waals surface area contributed by atoms with Gasteiger partial charge in [0.2, 0.25) is 5.89 Å². The molecular weight excluding hydrogens is 326 g/mol. The summed E-state index contributed by atoms with van der Waals surface area (Å²) in [7, 11) is 1.76. The molecule has 1 aromatic carbocycles. The van der Waals surface area contributed by atoms with Crippen molar-refractivity contribution in [2.45, 2.75) is 6.92 Å². The van der Waals surface area contributed by atoms with Crippen LogP contribution in [-0.4, -0.2) is 39.1 Å². The van der Waals surface area contributed by atoms with Crippen LogP contribution in [0.4, 0.5) is 6.01 Å². The van der Waals surface area contributed by atoms with Crippen molar-refractivity contribution in [1.82, 2.24) is 20.0 Å². The van der Waals surface area contributed by atoms with E-state index >= 15 is 0 Å². The van der Waals surface area contributed by atoms with Crippen molar-refractivity contribution in [2.75, 3.05) is 18.5 Å². The minimum absolute atomic E-state index is 0.00167. The van der Waals surface area contributed by atoms with Gasteiger partial charge in [-0.25, -0.2) is 0 Å². The lowest BCUT2D eigenvalue weighted by Crippen LogP contribution is -2.15. The summed E-state index contributed by atoms with van der Waals surface area (Å²) in [5, 5.41) is 14.4. The first-order valence-corrected chi connectivity index (χ1v) is 7.65. The van der Waals surface area contributed by atoms with Crippen molar-refractivity contribution >= 4 is 11.9 Å². The Morgan fingerprint density at radius 2 is 1.96 bits per heavy atom. The molecular formula is C16H15N5O4. The Kier molecular flexibility index (Phi) is 3.60. The molecule has 0 fully saturated rings. The molecule has 4 rings (SSSR count). The van der Waals surface area contributed by atoms with Gasteiger partial charge in [0.15, 0.2) is 17.2 Å². The highest BCUT2D eigenvalue weighted by Crippen LogP contribution is 2.34. The normalized spacial score (nSPS) is 12.9. The summed E-state index contributed by atoms with van der Waals surface area (Å²) in [6, 6.07) is 7.00. The Labute approximate surface area is 142 Å². The second-order valence-electron chi connectivity index (χ2n) is 5.52. The molecule has 0 aliphatic carbocycles. The molecule has 3 heterocycles. The summed E-state index contributed by atoms with van der Waals surface area (Å²) in [5.74, 6) is 1.15. The van der Waals surface area contributed by atoms with E-state index in [-0.39, 0.29) is 17.6 Å². The number of amides is 1. The van der Waals surface area contributed by atoms with Gasteiger partial charge in [0.05, 0.1) is 0 Å². The average molecular weight is 341 g/mol. The van der Waals surface area contributed by atoms with E-state index in [1.165, 1.54) is 0 Å². The van der Waals surface area contributed by atoms with E-state index in [0.717, 1.165) is 5.69 Å². The van der Waals surface area contributed by atoms with Crippen molar-refractivity contribution in [2.24, 2.45) is 7.05 Å². The van der Waals surface area contributed by atoms with Gasteiger partial charge >= 0.3 is 6.01 Å². The first-order valence-electron chi connectivity index (χ1n) is 7.65. The van der Waals surface area contributed by atoms with Crippen molar-refractivity contribution in [3.8, 4) is 23.0 Å². The van der Waals surface area contributed by atoms with E-state index in [1.807, 2.05) is 6.92 Å². The lowest BCUT2D eigenvalue weighted by molar-refractivity contribution is 0.101. The zero-order valence-electron chi connectivity index (χ0n) is 13.6. The summed E-state index contributed by atoms with van der Waals surface area (Å²) in [4.78, 5) is 12.2. The zero-order chi connectivity index (χ0) is 17.4. The highest BCUT2D eigenvalue weighted by atomic mass is 16.6. The number of rotatable bonds is 3. The van der Waals surface area contributed by atoms with Crippen LogP contribution in [0.5, 0.6) is 11.5 Å². The van der Waals surface area contributed by atoms with Crippen molar-refractivity contribution in [3.05, 3.63) is 35.7 Å². The van der Waals surface area contributed by atoms with E-state index in [4.69, 9.17) is 13.9 Å². The number of aryl methyl sites for hydroxylation is 2. The van der Waals surface area contributed by atoms with Crippen LogP contribution in [0.3, 0.4) is 0 Å². The predicted octanol–water partition coefficient (Wildman–Crippen LogP) is 1.80. The summed E-state index contributed by atoms with van der Waals surface area (Å²) < 4.78 is 18.1. The molecule has 0 saturated carbocycles. The third-order valence-electron chi connectivity index (χ3n) is 3.78. The maximum absolute atomic E-state index is 12.2. The predicted molar refractivity (Wildman–Crippen MR) is 86.6 cm³/mol. The van der Waals surface area contributed by atoms with Gasteiger partial charge in [-0.15, -0.1) is 5.10 Å². The van der Waals surface area contributed by atoms with E-state index in [0.29, 0.717) is 30.3 Å². The standard InChI is InChI=1S/C16H15N5O4/c1-9-7-11(20-21(9)2)14(22)17-16-19-18-15(25-16)10-3-4-12-13(8-10)24-6-5-23-12/h3-4,7-8H,5-6H2,1-2H3,(H,17,19,22). The SMILES string of the molecule is Cc1cc(C(=O)Nc2nnc(-c3ccc4c(c3)OCCO4)o2)nn1C. The number of aromatic nitrogens is 4. The molecule has 9 nitrogen and oxygen atoms in total. The molecule has 3 aromatic rings. The Hall–Kier alpha value is -3.36. The summed E-state index contributed by atoms with van der Waals surface area (Å²) in [6.45, 7) is 2.87. The molecule has 0 radical (unpaired) electrons. The average Bonchev–Trinajstić information content (AvgIpc) is 3.21. The number of hydrogen-bond donors (Lipinski definition) is 1. The van der Waals surface area contributed by atoms with Gasteiger partial charge in [-0.3, -0.25) is 14.8 Å². The quantitative estimate of drug-likeness (QED) is 0.774. The number of ether oxygens (including phenoxy) is 2. The third-order valence-corrected chi connectivity index (χ3v) is 3.78. The fourth-order valence-corrected chi connectivity index (χ4v) is 2.40. The molecule has 2 aromatic heterocycles. The number of carbonyl (C=O) groups is 1. The van der Waals surface area contributed by atoms with E-state index in [1.54, 1.807) is 36.0 Å².